The van der Waals surface area contributed by atoms with Gasteiger partial charge in [0.05, 0.1) is 0 Å². The molecule has 78 valence electrons. The van der Waals surface area contributed by atoms with E-state index in [1.165, 1.54) is 3.56 Å². The molecule has 3 nitrogen and oxygen atoms in total. The Morgan fingerprint density at radius 2 is 2.00 bits per heavy atom. The first-order chi connectivity index (χ1) is 7.11. The van der Waals surface area contributed by atoms with E-state index in [4.69, 9.17) is 0 Å². The van der Waals surface area contributed by atoms with Gasteiger partial charge in [-0.15, -0.1) is 0 Å². The first-order valence-corrected chi connectivity index (χ1v) is 6.39. The van der Waals surface area contributed by atoms with Gasteiger partial charge in [-0.25, -0.2) is 0 Å². The number of carbonyl (C=O) groups excluding carboxylic acids is 1. The molecule has 0 radical (unpaired) electrons. The number of carbonyl (C=O) groups is 1. The molecule has 0 aliphatic rings. The summed E-state index contributed by atoms with van der Waals surface area (Å²) in [7, 11) is 0. The number of nitrogens with zero attached hydrogens (tertiary/aromatic N) is 1. The Labute approximate surface area is 93.3 Å². The Morgan fingerprint density at radius 3 is 2.60 bits per heavy atom. The maximum absolute atomic E-state index is 11.9. The summed E-state index contributed by atoms with van der Waals surface area (Å²) in [6.45, 7) is 3.63. The molecule has 0 amide bonds. The molecular formula is C11H11NO2Se. The van der Waals surface area contributed by atoms with Gasteiger partial charge in [-0.2, -0.15) is 0 Å². The second-order valence-electron chi connectivity index (χ2n) is 3.68. The molecule has 0 aliphatic heterocycles. The predicted molar refractivity (Wildman–Crippen MR) is 60.6 cm³/mol. The number of hydrogen-bond donors (Lipinski definition) is 0. The van der Waals surface area contributed by atoms with E-state index in [0.717, 1.165) is 4.26 Å². The molecule has 0 atom stereocenters. The van der Waals surface area contributed by atoms with Crippen LogP contribution in [0.25, 0.3) is 9.65 Å². The third-order valence-corrected chi connectivity index (χ3v) is 4.45. The van der Waals surface area contributed by atoms with Crippen molar-refractivity contribution in [2.75, 3.05) is 0 Å². The third-order valence-electron chi connectivity index (χ3n) is 2.19. The van der Waals surface area contributed by atoms with Crippen LogP contribution >= 0.6 is 0 Å². The number of benzene rings is 1. The van der Waals surface area contributed by atoms with Crippen molar-refractivity contribution < 1.29 is 4.79 Å². The van der Waals surface area contributed by atoms with Crippen LogP contribution in [-0.4, -0.2) is 24.2 Å². The third kappa shape index (κ3) is 1.71. The van der Waals surface area contributed by atoms with Crippen molar-refractivity contribution in [2.45, 2.75) is 13.8 Å². The van der Waals surface area contributed by atoms with Gasteiger partial charge in [0.25, 0.3) is 0 Å². The summed E-state index contributed by atoms with van der Waals surface area (Å²) < 4.78 is 2.39. The van der Waals surface area contributed by atoms with Gasteiger partial charge in [-0.1, -0.05) is 0 Å². The second kappa shape index (κ2) is 3.80. The molecule has 2 rings (SSSR count). The summed E-state index contributed by atoms with van der Waals surface area (Å²) >= 11 is -0.172. The Morgan fingerprint density at radius 1 is 1.33 bits per heavy atom. The van der Waals surface area contributed by atoms with E-state index in [0.29, 0.717) is 5.39 Å². The van der Waals surface area contributed by atoms with Crippen molar-refractivity contribution in [3.8, 4) is 0 Å². The predicted octanol–water partition coefficient (Wildman–Crippen LogP) is 1.35. The molecule has 0 aliphatic carbocycles. The second-order valence-corrected chi connectivity index (χ2v) is 5.75. The fourth-order valence-corrected chi connectivity index (χ4v) is 3.60. The van der Waals surface area contributed by atoms with E-state index >= 15 is 0 Å². The van der Waals surface area contributed by atoms with Crippen LogP contribution in [0.1, 0.15) is 18.6 Å². The zero-order chi connectivity index (χ0) is 11.0. The molecule has 4 heteroatoms. The van der Waals surface area contributed by atoms with Crippen LogP contribution < -0.4 is 5.56 Å². The molecule has 0 saturated carbocycles. The monoisotopic (exact) mass is 269 g/mol. The SMILES string of the molecule is CC(C)C(=O)n1[se]c2ccccc2c1=O. The first-order valence-electron chi connectivity index (χ1n) is 4.76. The molecular weight excluding hydrogens is 257 g/mol. The van der Waals surface area contributed by atoms with E-state index in [1.54, 1.807) is 6.07 Å². The van der Waals surface area contributed by atoms with Crippen LogP contribution in [0.5, 0.6) is 0 Å². The topological polar surface area (TPSA) is 39.1 Å². The molecule has 1 heterocycles. The van der Waals surface area contributed by atoms with E-state index in [2.05, 4.69) is 0 Å². The Balaban J connectivity index is 2.69. The summed E-state index contributed by atoms with van der Waals surface area (Å²) in [5.41, 5.74) is -0.135. The summed E-state index contributed by atoms with van der Waals surface area (Å²) in [6.07, 6.45) is 0. The van der Waals surface area contributed by atoms with Crippen LogP contribution in [0.2, 0.25) is 0 Å². The van der Waals surface area contributed by atoms with Crippen molar-refractivity contribution in [1.29, 1.82) is 0 Å². The molecule has 0 spiro atoms. The molecule has 0 saturated heterocycles. The molecule has 2 aromatic rings. The van der Waals surface area contributed by atoms with Crippen molar-refractivity contribution in [1.82, 2.24) is 3.56 Å². The molecule has 1 aromatic heterocycles. The van der Waals surface area contributed by atoms with Gasteiger partial charge in [-0.05, 0) is 0 Å². The van der Waals surface area contributed by atoms with E-state index in [9.17, 15) is 9.59 Å². The van der Waals surface area contributed by atoms with Crippen molar-refractivity contribution >= 4 is 30.3 Å². The van der Waals surface area contributed by atoms with Crippen molar-refractivity contribution in [2.24, 2.45) is 5.92 Å². The van der Waals surface area contributed by atoms with Crippen LogP contribution in [-0.2, 0) is 0 Å². The molecule has 0 bridgehead atoms. The van der Waals surface area contributed by atoms with Gasteiger partial charge in [0.1, 0.15) is 0 Å². The van der Waals surface area contributed by atoms with Crippen molar-refractivity contribution in [3.05, 3.63) is 34.6 Å². The normalized spacial score (nSPS) is 11.1. The molecule has 15 heavy (non-hydrogen) atoms. The number of hydrogen-bond acceptors (Lipinski definition) is 2. The fourth-order valence-electron chi connectivity index (χ4n) is 1.35. The first kappa shape index (κ1) is 10.4. The van der Waals surface area contributed by atoms with Gasteiger partial charge in [-0.3, -0.25) is 0 Å². The summed E-state index contributed by atoms with van der Waals surface area (Å²) in [5.74, 6) is -0.193. The Bertz CT molecular complexity index is 565. The van der Waals surface area contributed by atoms with Gasteiger partial charge >= 0.3 is 93.0 Å². The van der Waals surface area contributed by atoms with E-state index in [1.807, 2.05) is 32.0 Å². The minimum absolute atomic E-state index is 0.0730. The van der Waals surface area contributed by atoms with Crippen LogP contribution in [0.3, 0.4) is 0 Å². The van der Waals surface area contributed by atoms with Crippen LogP contribution in [0, 0.1) is 5.92 Å². The molecule has 1 aromatic carbocycles. The zero-order valence-corrected chi connectivity index (χ0v) is 10.3. The zero-order valence-electron chi connectivity index (χ0n) is 8.56. The van der Waals surface area contributed by atoms with E-state index < -0.39 is 0 Å². The molecule has 0 fully saturated rings. The minimum atomic E-state index is -0.172. The molecule has 0 N–H and O–H groups in total. The maximum atomic E-state index is 11.9. The average molecular weight is 268 g/mol. The average Bonchev–Trinajstić information content (AvgIpc) is 2.56. The van der Waals surface area contributed by atoms with Crippen LogP contribution in [0.4, 0.5) is 0 Å². The summed E-state index contributed by atoms with van der Waals surface area (Å²) in [4.78, 5) is 23.6. The van der Waals surface area contributed by atoms with Crippen LogP contribution in [0.15, 0.2) is 29.1 Å². The summed E-state index contributed by atoms with van der Waals surface area (Å²) in [6, 6.07) is 7.43. The van der Waals surface area contributed by atoms with E-state index in [-0.39, 0.29) is 32.1 Å². The van der Waals surface area contributed by atoms with Gasteiger partial charge in [0.15, 0.2) is 0 Å². The fraction of sp³-hybridized carbons (Fsp3) is 0.273. The van der Waals surface area contributed by atoms with Crippen molar-refractivity contribution in [3.63, 3.8) is 0 Å². The number of rotatable bonds is 1. The van der Waals surface area contributed by atoms with Gasteiger partial charge in [0, 0.05) is 0 Å². The quantitative estimate of drug-likeness (QED) is 0.732. The van der Waals surface area contributed by atoms with Gasteiger partial charge < -0.3 is 0 Å². The van der Waals surface area contributed by atoms with Gasteiger partial charge in [0.2, 0.25) is 0 Å². The Hall–Kier alpha value is -1.12. The molecule has 0 unspecified atom stereocenters. The summed E-state index contributed by atoms with van der Waals surface area (Å²) in [5, 5.41) is 0.687. The number of fused-ring (bicyclic) bond motifs is 1. The Kier molecular flexibility index (Phi) is 2.63. The number of aromatic nitrogens is 1. The standard InChI is InChI=1S/C11H11NO2Se/c1-7(2)10(13)12-11(14)8-5-3-4-6-9(8)15-12/h3-7H,1-2H3.